The molecule has 1 aromatic heterocycles. The molecule has 0 radical (unpaired) electrons. The lowest BCUT2D eigenvalue weighted by Crippen LogP contribution is -2.41. The first-order chi connectivity index (χ1) is 12.0. The highest BCUT2D eigenvalue weighted by Gasteiger charge is 2.52. The number of methoxy groups -OCH3 is 1. The molecule has 2 heterocycles. The molecule has 142 valence electrons. The summed E-state index contributed by atoms with van der Waals surface area (Å²) in [5.41, 5.74) is 0.373. The lowest BCUT2D eigenvalue weighted by molar-refractivity contribution is -0.109. The van der Waals surface area contributed by atoms with Gasteiger partial charge in [0.1, 0.15) is 0 Å². The fourth-order valence-electron chi connectivity index (χ4n) is 2.39. The van der Waals surface area contributed by atoms with E-state index in [0.29, 0.717) is 11.4 Å². The first-order valence-corrected chi connectivity index (χ1v) is 9.26. The van der Waals surface area contributed by atoms with Gasteiger partial charge in [0.15, 0.2) is 5.12 Å². The first kappa shape index (κ1) is 20.7. The summed E-state index contributed by atoms with van der Waals surface area (Å²) in [5.74, 6) is 0.102. The van der Waals surface area contributed by atoms with E-state index in [9.17, 15) is 9.59 Å². The van der Waals surface area contributed by atoms with Gasteiger partial charge in [-0.05, 0) is 39.2 Å². The van der Waals surface area contributed by atoms with E-state index in [-0.39, 0.29) is 10.9 Å². The second-order valence-corrected chi connectivity index (χ2v) is 8.33. The maximum Gasteiger partial charge on any atom is 0.491 e. The van der Waals surface area contributed by atoms with Crippen molar-refractivity contribution in [1.82, 2.24) is 9.55 Å². The molecular weight excluding hydrogens is 355 g/mol. The molecule has 1 fully saturated rings. The number of aromatic nitrogens is 2. The minimum atomic E-state index is -0.588. The zero-order chi connectivity index (χ0) is 19.7. The molecule has 0 aromatic carbocycles. The van der Waals surface area contributed by atoms with Crippen molar-refractivity contribution in [2.75, 3.05) is 12.9 Å². The average Bonchev–Trinajstić information content (AvgIpc) is 2.99. The highest BCUT2D eigenvalue weighted by molar-refractivity contribution is 8.13. The first-order valence-electron chi connectivity index (χ1n) is 8.28. The molecule has 0 spiro atoms. The number of imidazole rings is 1. The summed E-state index contributed by atoms with van der Waals surface area (Å²) >= 11 is 1.17. The highest BCUT2D eigenvalue weighted by atomic mass is 32.2. The molecule has 7 nitrogen and oxygen atoms in total. The Morgan fingerprint density at radius 2 is 1.88 bits per heavy atom. The maximum atomic E-state index is 11.8. The van der Waals surface area contributed by atoms with Crippen LogP contribution in [0.3, 0.4) is 0 Å². The van der Waals surface area contributed by atoms with Crippen molar-refractivity contribution in [3.8, 4) is 0 Å². The molecule has 1 aromatic rings. The maximum absolute atomic E-state index is 11.8. The Balaban J connectivity index is 2.35. The van der Waals surface area contributed by atoms with E-state index in [1.165, 1.54) is 25.8 Å². The van der Waals surface area contributed by atoms with Crippen molar-refractivity contribution in [3.63, 3.8) is 0 Å². The lowest BCUT2D eigenvalue weighted by Gasteiger charge is -2.32. The fourth-order valence-corrected chi connectivity index (χ4v) is 2.98. The molecule has 9 heteroatoms. The van der Waals surface area contributed by atoms with Crippen LogP contribution in [0.1, 0.15) is 50.9 Å². The minimum Gasteiger partial charge on any atom is -0.463 e. The summed E-state index contributed by atoms with van der Waals surface area (Å²) in [4.78, 5) is 27.5. The van der Waals surface area contributed by atoms with Crippen LogP contribution in [-0.2, 0) is 25.9 Å². The predicted octanol–water partition coefficient (Wildman–Crippen LogP) is 2.50. The molecule has 1 aliphatic heterocycles. The molecule has 0 unspecified atom stereocenters. The smallest absolute Gasteiger partial charge is 0.463 e. The molecule has 1 saturated heterocycles. The van der Waals surface area contributed by atoms with Gasteiger partial charge in [-0.2, -0.15) is 0 Å². The quantitative estimate of drug-likeness (QED) is 0.574. The Labute approximate surface area is 158 Å². The van der Waals surface area contributed by atoms with Crippen LogP contribution in [0.4, 0.5) is 0 Å². The number of hydrogen-bond donors (Lipinski definition) is 0. The number of thioether (sulfide) groups is 1. The molecular formula is C17H25BN2O5S. The molecule has 1 aliphatic rings. The zero-order valence-corrected chi connectivity index (χ0v) is 17.1. The molecule has 0 atom stereocenters. The summed E-state index contributed by atoms with van der Waals surface area (Å²) in [6, 6.07) is 0. The zero-order valence-electron chi connectivity index (χ0n) is 16.3. The number of carbonyl (C=O) groups is 2. The Bertz CT molecular complexity index is 726. The van der Waals surface area contributed by atoms with E-state index >= 15 is 0 Å². The van der Waals surface area contributed by atoms with Crippen molar-refractivity contribution < 1.29 is 23.6 Å². The second-order valence-electron chi connectivity index (χ2n) is 7.18. The Morgan fingerprint density at radius 1 is 1.31 bits per heavy atom. The van der Waals surface area contributed by atoms with E-state index in [2.05, 4.69) is 4.98 Å². The van der Waals surface area contributed by atoms with Crippen LogP contribution >= 0.6 is 11.8 Å². The SMILES string of the molecule is COC(=O)c1nc(C=C(CSC(C)=O)B2OC(C)(C)C(C)(C)O2)cn1C. The van der Waals surface area contributed by atoms with E-state index in [1.54, 1.807) is 23.9 Å². The van der Waals surface area contributed by atoms with Gasteiger partial charge in [-0.25, -0.2) is 9.78 Å². The molecule has 0 N–H and O–H groups in total. The summed E-state index contributed by atoms with van der Waals surface area (Å²) in [5, 5.41) is 0.00341. The van der Waals surface area contributed by atoms with Crippen LogP contribution < -0.4 is 0 Å². The van der Waals surface area contributed by atoms with E-state index in [1.807, 2.05) is 27.7 Å². The molecule has 26 heavy (non-hydrogen) atoms. The van der Waals surface area contributed by atoms with Gasteiger partial charge in [0.05, 0.1) is 24.0 Å². The third kappa shape index (κ3) is 4.39. The van der Waals surface area contributed by atoms with E-state index in [4.69, 9.17) is 14.0 Å². The van der Waals surface area contributed by atoms with Crippen molar-refractivity contribution in [2.24, 2.45) is 7.05 Å². The predicted molar refractivity (Wildman–Crippen MR) is 102 cm³/mol. The van der Waals surface area contributed by atoms with Gasteiger partial charge in [-0.3, -0.25) is 4.79 Å². The summed E-state index contributed by atoms with van der Waals surface area (Å²) in [6.45, 7) is 9.40. The fraction of sp³-hybridized carbons (Fsp3) is 0.588. The number of ether oxygens (including phenoxy) is 1. The summed E-state index contributed by atoms with van der Waals surface area (Å²) < 4.78 is 18.5. The topological polar surface area (TPSA) is 79.7 Å². The van der Waals surface area contributed by atoms with Gasteiger partial charge >= 0.3 is 13.1 Å². The molecule has 0 bridgehead atoms. The van der Waals surface area contributed by atoms with Gasteiger partial charge in [0.2, 0.25) is 5.82 Å². The van der Waals surface area contributed by atoms with Crippen molar-refractivity contribution in [2.45, 2.75) is 45.8 Å². The largest absolute Gasteiger partial charge is 0.491 e. The third-order valence-electron chi connectivity index (χ3n) is 4.59. The Morgan fingerprint density at radius 3 is 2.38 bits per heavy atom. The van der Waals surface area contributed by atoms with Crippen molar-refractivity contribution in [1.29, 1.82) is 0 Å². The van der Waals surface area contributed by atoms with Gasteiger partial charge in [-0.15, -0.1) is 0 Å². The summed E-state index contributed by atoms with van der Waals surface area (Å²) in [6.07, 6.45) is 3.51. The van der Waals surface area contributed by atoms with Crippen LogP contribution in [-0.4, -0.2) is 51.8 Å². The lowest BCUT2D eigenvalue weighted by atomic mass is 9.78. The molecule has 0 amide bonds. The number of nitrogens with zero attached hydrogens (tertiary/aromatic N) is 2. The molecule has 2 rings (SSSR count). The second kappa shape index (κ2) is 7.58. The average molecular weight is 380 g/mol. The van der Waals surface area contributed by atoms with Crippen LogP contribution in [0.15, 0.2) is 11.7 Å². The Kier molecular flexibility index (Phi) is 6.04. The molecule has 0 saturated carbocycles. The third-order valence-corrected chi connectivity index (χ3v) is 5.48. The molecule has 0 aliphatic carbocycles. The number of rotatable bonds is 5. The van der Waals surface area contributed by atoms with Crippen LogP contribution in [0.25, 0.3) is 6.08 Å². The Hall–Kier alpha value is -1.58. The van der Waals surface area contributed by atoms with Gasteiger partial charge < -0.3 is 18.6 Å². The van der Waals surface area contributed by atoms with Crippen LogP contribution in [0, 0.1) is 0 Å². The minimum absolute atomic E-state index is 0.00341. The van der Waals surface area contributed by atoms with Crippen molar-refractivity contribution in [3.05, 3.63) is 23.2 Å². The van der Waals surface area contributed by atoms with Crippen molar-refractivity contribution >= 4 is 36.0 Å². The standard InChI is InChI=1S/C17H25BN2O5S/c1-11(21)26-10-12(18-24-16(2,3)17(4,5)25-18)8-13-9-20(6)14(19-13)15(22)23-7/h8-9H,10H2,1-7H3. The van der Waals surface area contributed by atoms with Crippen LogP contribution in [0.2, 0.25) is 0 Å². The van der Waals surface area contributed by atoms with E-state index < -0.39 is 24.3 Å². The van der Waals surface area contributed by atoms with Gasteiger partial charge in [0, 0.05) is 25.9 Å². The number of aryl methyl sites for hydroxylation is 1. The van der Waals surface area contributed by atoms with Gasteiger partial charge in [-0.1, -0.05) is 11.8 Å². The number of esters is 1. The highest BCUT2D eigenvalue weighted by Crippen LogP contribution is 2.39. The number of hydrogen-bond acceptors (Lipinski definition) is 7. The number of carbonyl (C=O) groups excluding carboxylic acids is 2. The van der Waals surface area contributed by atoms with Gasteiger partial charge in [0.25, 0.3) is 0 Å². The van der Waals surface area contributed by atoms with Crippen LogP contribution in [0.5, 0.6) is 0 Å². The summed E-state index contributed by atoms with van der Waals surface area (Å²) in [7, 11) is 2.44. The van der Waals surface area contributed by atoms with E-state index in [0.717, 1.165) is 5.47 Å². The normalized spacial score (nSPS) is 18.9. The monoisotopic (exact) mass is 380 g/mol.